The molecule has 0 amide bonds. The Bertz CT molecular complexity index is 641. The average Bonchev–Trinajstić information content (AvgIpc) is 3.15. The van der Waals surface area contributed by atoms with Gasteiger partial charge in [0.15, 0.2) is 0 Å². The molecular formula is C19H23NO4S. The highest BCUT2D eigenvalue weighted by Crippen LogP contribution is 2.31. The van der Waals surface area contributed by atoms with Crippen molar-refractivity contribution in [2.75, 3.05) is 32.8 Å². The molecule has 1 saturated heterocycles. The zero-order valence-corrected chi connectivity index (χ0v) is 15.1. The minimum absolute atomic E-state index is 0.153. The molecule has 3 rings (SSSR count). The number of morpholine rings is 1. The molecule has 5 nitrogen and oxygen atoms in total. The monoisotopic (exact) mass is 361 g/mol. The Morgan fingerprint density at radius 2 is 1.96 bits per heavy atom. The molecule has 2 unspecified atom stereocenters. The molecule has 134 valence electrons. The summed E-state index contributed by atoms with van der Waals surface area (Å²) in [5, 5.41) is 2.00. The van der Waals surface area contributed by atoms with Gasteiger partial charge in [-0.05, 0) is 23.6 Å². The van der Waals surface area contributed by atoms with E-state index in [2.05, 4.69) is 11.8 Å². The molecule has 1 fully saturated rings. The van der Waals surface area contributed by atoms with E-state index >= 15 is 0 Å². The topological polar surface area (TPSA) is 48.0 Å². The third kappa shape index (κ3) is 5.29. The van der Waals surface area contributed by atoms with Crippen LogP contribution in [-0.2, 0) is 9.47 Å². The van der Waals surface area contributed by atoms with Crippen molar-refractivity contribution in [2.45, 2.75) is 13.0 Å². The SMILES string of the molecule is CC(CN1CCOCC1)C(OC(=O)Oc1ccccc1)c1cccs1. The van der Waals surface area contributed by atoms with Crippen molar-refractivity contribution in [3.05, 3.63) is 52.7 Å². The highest BCUT2D eigenvalue weighted by molar-refractivity contribution is 7.10. The summed E-state index contributed by atoms with van der Waals surface area (Å²) >= 11 is 1.59. The van der Waals surface area contributed by atoms with Gasteiger partial charge in [-0.3, -0.25) is 4.90 Å². The fourth-order valence-electron chi connectivity index (χ4n) is 2.91. The van der Waals surface area contributed by atoms with Crippen molar-refractivity contribution in [1.82, 2.24) is 4.90 Å². The summed E-state index contributed by atoms with van der Waals surface area (Å²) in [4.78, 5) is 15.6. The quantitative estimate of drug-likeness (QED) is 0.575. The van der Waals surface area contributed by atoms with Gasteiger partial charge in [-0.1, -0.05) is 31.2 Å². The van der Waals surface area contributed by atoms with Gasteiger partial charge in [-0.15, -0.1) is 11.3 Å². The van der Waals surface area contributed by atoms with Crippen LogP contribution in [0, 0.1) is 5.92 Å². The summed E-state index contributed by atoms with van der Waals surface area (Å²) in [5.41, 5.74) is 0. The molecule has 25 heavy (non-hydrogen) atoms. The molecule has 2 atom stereocenters. The molecule has 0 N–H and O–H groups in total. The average molecular weight is 361 g/mol. The molecule has 0 bridgehead atoms. The van der Waals surface area contributed by atoms with Crippen LogP contribution in [0.1, 0.15) is 17.9 Å². The third-order valence-electron chi connectivity index (χ3n) is 4.16. The third-order valence-corrected chi connectivity index (χ3v) is 5.09. The first-order valence-electron chi connectivity index (χ1n) is 8.49. The highest BCUT2D eigenvalue weighted by Gasteiger charge is 2.27. The molecule has 6 heteroatoms. The number of benzene rings is 1. The van der Waals surface area contributed by atoms with Crippen LogP contribution >= 0.6 is 11.3 Å². The van der Waals surface area contributed by atoms with Gasteiger partial charge in [0.2, 0.25) is 0 Å². The van der Waals surface area contributed by atoms with Crippen LogP contribution < -0.4 is 4.74 Å². The lowest BCUT2D eigenvalue weighted by Crippen LogP contribution is -2.40. The van der Waals surface area contributed by atoms with E-state index in [4.69, 9.17) is 14.2 Å². The minimum atomic E-state index is -0.668. The van der Waals surface area contributed by atoms with Crippen LogP contribution in [0.3, 0.4) is 0 Å². The van der Waals surface area contributed by atoms with Crippen LogP contribution in [-0.4, -0.2) is 43.9 Å². The second-order valence-corrected chi connectivity index (χ2v) is 7.09. The first kappa shape index (κ1) is 17.9. The lowest BCUT2D eigenvalue weighted by atomic mass is 10.0. The number of rotatable bonds is 6. The number of carbonyl (C=O) groups is 1. The molecule has 2 heterocycles. The zero-order chi connectivity index (χ0) is 17.5. The molecule has 1 aromatic carbocycles. The number of thiophene rings is 1. The van der Waals surface area contributed by atoms with Gasteiger partial charge in [0, 0.05) is 30.4 Å². The lowest BCUT2D eigenvalue weighted by molar-refractivity contribution is 0.000139. The Balaban J connectivity index is 1.63. The Labute approximate surface area is 152 Å². The largest absolute Gasteiger partial charge is 0.514 e. The van der Waals surface area contributed by atoms with Crippen molar-refractivity contribution < 1.29 is 19.0 Å². The second-order valence-electron chi connectivity index (χ2n) is 6.11. The first-order valence-corrected chi connectivity index (χ1v) is 9.37. The summed E-state index contributed by atoms with van der Waals surface area (Å²) in [7, 11) is 0. The van der Waals surface area contributed by atoms with Gasteiger partial charge in [0.25, 0.3) is 0 Å². The van der Waals surface area contributed by atoms with Gasteiger partial charge in [-0.2, -0.15) is 0 Å². The number of nitrogens with zero attached hydrogens (tertiary/aromatic N) is 1. The maximum atomic E-state index is 12.2. The number of carbonyl (C=O) groups excluding carboxylic acids is 1. The fourth-order valence-corrected chi connectivity index (χ4v) is 3.79. The van der Waals surface area contributed by atoms with E-state index in [-0.39, 0.29) is 12.0 Å². The number of ether oxygens (including phenoxy) is 3. The van der Waals surface area contributed by atoms with Gasteiger partial charge in [0.05, 0.1) is 13.2 Å². The molecule has 0 saturated carbocycles. The number of hydrogen-bond donors (Lipinski definition) is 0. The van der Waals surface area contributed by atoms with Crippen molar-refractivity contribution in [1.29, 1.82) is 0 Å². The summed E-state index contributed by atoms with van der Waals surface area (Å²) in [6, 6.07) is 13.0. The molecule has 1 aliphatic heterocycles. The standard InChI is InChI=1S/C19H23NO4S/c1-15(14-20-9-11-22-12-10-20)18(17-8-5-13-25-17)24-19(21)23-16-6-3-2-4-7-16/h2-8,13,15,18H,9-12,14H2,1H3. The van der Waals surface area contributed by atoms with E-state index in [1.807, 2.05) is 35.7 Å². The maximum absolute atomic E-state index is 12.2. The zero-order valence-electron chi connectivity index (χ0n) is 14.3. The Hall–Kier alpha value is -1.89. The van der Waals surface area contributed by atoms with E-state index in [1.165, 1.54) is 0 Å². The summed E-state index contributed by atoms with van der Waals surface area (Å²) < 4.78 is 16.4. The maximum Gasteiger partial charge on any atom is 0.514 e. The van der Waals surface area contributed by atoms with E-state index in [1.54, 1.807) is 23.5 Å². The number of hydrogen-bond acceptors (Lipinski definition) is 6. The molecular weight excluding hydrogens is 338 g/mol. The smallest absolute Gasteiger partial charge is 0.425 e. The summed E-state index contributed by atoms with van der Waals surface area (Å²) in [6.07, 6.45) is -0.988. The molecule has 0 aliphatic carbocycles. The van der Waals surface area contributed by atoms with Crippen molar-refractivity contribution in [3.8, 4) is 5.75 Å². The van der Waals surface area contributed by atoms with E-state index < -0.39 is 6.16 Å². The fraction of sp³-hybridized carbons (Fsp3) is 0.421. The van der Waals surface area contributed by atoms with Crippen LogP contribution in [0.25, 0.3) is 0 Å². The van der Waals surface area contributed by atoms with Gasteiger partial charge >= 0.3 is 6.16 Å². The summed E-state index contributed by atoms with van der Waals surface area (Å²) in [6.45, 7) is 6.30. The van der Waals surface area contributed by atoms with E-state index in [0.717, 1.165) is 37.7 Å². The van der Waals surface area contributed by atoms with Crippen LogP contribution in [0.15, 0.2) is 47.8 Å². The van der Waals surface area contributed by atoms with Crippen molar-refractivity contribution >= 4 is 17.5 Å². The molecule has 0 spiro atoms. The molecule has 1 aliphatic rings. The van der Waals surface area contributed by atoms with Gasteiger partial charge in [0.1, 0.15) is 11.9 Å². The minimum Gasteiger partial charge on any atom is -0.425 e. The second kappa shape index (κ2) is 8.99. The highest BCUT2D eigenvalue weighted by atomic mass is 32.1. The summed E-state index contributed by atoms with van der Waals surface area (Å²) in [5.74, 6) is 0.637. The number of para-hydroxylation sites is 1. The molecule has 2 aromatic rings. The van der Waals surface area contributed by atoms with Gasteiger partial charge in [-0.25, -0.2) is 4.79 Å². The van der Waals surface area contributed by atoms with Crippen molar-refractivity contribution in [2.24, 2.45) is 5.92 Å². The van der Waals surface area contributed by atoms with Crippen LogP contribution in [0.4, 0.5) is 4.79 Å². The molecule has 1 aromatic heterocycles. The Morgan fingerprint density at radius 3 is 2.64 bits per heavy atom. The molecule has 0 radical (unpaired) electrons. The van der Waals surface area contributed by atoms with Crippen molar-refractivity contribution in [3.63, 3.8) is 0 Å². The van der Waals surface area contributed by atoms with Crippen LogP contribution in [0.5, 0.6) is 5.75 Å². The normalized spacial score (nSPS) is 17.6. The predicted octanol–water partition coefficient (Wildman–Crippen LogP) is 3.97. The lowest BCUT2D eigenvalue weighted by Gasteiger charge is -2.31. The van der Waals surface area contributed by atoms with Crippen LogP contribution in [0.2, 0.25) is 0 Å². The first-order chi connectivity index (χ1) is 12.2. The van der Waals surface area contributed by atoms with E-state index in [9.17, 15) is 4.79 Å². The Morgan fingerprint density at radius 1 is 1.20 bits per heavy atom. The van der Waals surface area contributed by atoms with E-state index in [0.29, 0.717) is 5.75 Å². The Kier molecular flexibility index (Phi) is 6.44. The predicted molar refractivity (Wildman–Crippen MR) is 97.0 cm³/mol. The van der Waals surface area contributed by atoms with Gasteiger partial charge < -0.3 is 14.2 Å².